The van der Waals surface area contributed by atoms with Gasteiger partial charge in [-0.1, -0.05) is 42.5 Å². The molecule has 3 aromatic rings. The summed E-state index contributed by atoms with van der Waals surface area (Å²) in [5.41, 5.74) is 2.77. The van der Waals surface area contributed by atoms with E-state index in [9.17, 15) is 9.50 Å². The fraction of sp³-hybridized carbons (Fsp3) is 0.346. The second kappa shape index (κ2) is 10.1. The minimum Gasteiger partial charge on any atom is -0.439 e. The Labute approximate surface area is 188 Å². The Morgan fingerprint density at radius 1 is 1.25 bits per heavy atom. The molecule has 1 aliphatic carbocycles. The van der Waals surface area contributed by atoms with E-state index in [2.05, 4.69) is 11.5 Å². The van der Waals surface area contributed by atoms with Crippen LogP contribution in [0.1, 0.15) is 31.2 Å². The molecule has 1 heterocycles. The molecule has 1 atom stereocenters. The van der Waals surface area contributed by atoms with Crippen LogP contribution in [-0.4, -0.2) is 38.5 Å². The molecule has 1 N–H and O–H groups in total. The van der Waals surface area contributed by atoms with Crippen LogP contribution < -0.4 is 4.74 Å². The first kappa shape index (κ1) is 22.2. The minimum absolute atomic E-state index is 0.348. The van der Waals surface area contributed by atoms with Crippen LogP contribution in [0, 0.1) is 5.82 Å². The third-order valence-corrected chi connectivity index (χ3v) is 5.72. The lowest BCUT2D eigenvalue weighted by atomic mass is 10.1. The van der Waals surface area contributed by atoms with E-state index in [4.69, 9.17) is 9.84 Å². The molecule has 0 radical (unpaired) electrons. The highest BCUT2D eigenvalue weighted by atomic mass is 19.1. The molecule has 0 saturated heterocycles. The maximum absolute atomic E-state index is 13.8. The van der Waals surface area contributed by atoms with Crippen molar-refractivity contribution < 1.29 is 14.2 Å². The number of aliphatic hydroxyl groups is 1. The highest BCUT2D eigenvalue weighted by Gasteiger charge is 2.32. The van der Waals surface area contributed by atoms with Crippen molar-refractivity contribution in [3.8, 4) is 22.9 Å². The normalized spacial score (nSPS) is 14.5. The maximum atomic E-state index is 13.8. The lowest BCUT2D eigenvalue weighted by Crippen LogP contribution is -2.34. The first-order valence-corrected chi connectivity index (χ1v) is 11.1. The van der Waals surface area contributed by atoms with Crippen molar-refractivity contribution in [1.82, 2.24) is 14.7 Å². The van der Waals surface area contributed by atoms with E-state index >= 15 is 0 Å². The van der Waals surface area contributed by atoms with E-state index in [0.29, 0.717) is 37.2 Å². The maximum Gasteiger partial charge on any atom is 0.222 e. The molecule has 6 heteroatoms. The molecule has 1 saturated carbocycles. The Morgan fingerprint density at radius 3 is 2.72 bits per heavy atom. The number of rotatable bonds is 11. The van der Waals surface area contributed by atoms with Crippen molar-refractivity contribution >= 4 is 0 Å². The average molecular weight is 436 g/mol. The molecular weight excluding hydrogens is 405 g/mol. The molecule has 4 rings (SSSR count). The molecule has 0 amide bonds. The first-order valence-electron chi connectivity index (χ1n) is 11.1. The van der Waals surface area contributed by atoms with Gasteiger partial charge in [-0.3, -0.25) is 4.90 Å². The smallest absolute Gasteiger partial charge is 0.222 e. The summed E-state index contributed by atoms with van der Waals surface area (Å²) in [6.45, 7) is 4.93. The van der Waals surface area contributed by atoms with Gasteiger partial charge in [0.1, 0.15) is 17.3 Å². The second-order valence-electron chi connectivity index (χ2n) is 8.36. The van der Waals surface area contributed by atoms with Gasteiger partial charge in [-0.05, 0) is 37.8 Å². The summed E-state index contributed by atoms with van der Waals surface area (Å²) in [6.07, 6.45) is 5.14. The SMILES string of the molecule is C=CCCC(O)CN(Cc1c(-c2ccccc2)nn(C)c1Oc1cccc(F)c1)C1CC1. The zero-order valence-electron chi connectivity index (χ0n) is 18.5. The van der Waals surface area contributed by atoms with E-state index in [0.717, 1.165) is 36.1 Å². The molecule has 2 aromatic carbocycles. The summed E-state index contributed by atoms with van der Waals surface area (Å²) in [4.78, 5) is 2.32. The number of nitrogens with zero attached hydrogens (tertiary/aromatic N) is 3. The van der Waals surface area contributed by atoms with Gasteiger partial charge in [-0.2, -0.15) is 5.10 Å². The van der Waals surface area contributed by atoms with E-state index in [1.807, 2.05) is 43.5 Å². The van der Waals surface area contributed by atoms with Crippen molar-refractivity contribution in [2.24, 2.45) is 7.05 Å². The van der Waals surface area contributed by atoms with Gasteiger partial charge in [0.25, 0.3) is 0 Å². The highest BCUT2D eigenvalue weighted by molar-refractivity contribution is 5.65. The second-order valence-corrected chi connectivity index (χ2v) is 8.36. The van der Waals surface area contributed by atoms with Gasteiger partial charge < -0.3 is 9.84 Å². The Morgan fingerprint density at radius 2 is 2.03 bits per heavy atom. The van der Waals surface area contributed by atoms with Crippen LogP contribution in [-0.2, 0) is 13.6 Å². The van der Waals surface area contributed by atoms with E-state index in [-0.39, 0.29) is 5.82 Å². The molecule has 1 aliphatic rings. The van der Waals surface area contributed by atoms with Crippen molar-refractivity contribution in [3.63, 3.8) is 0 Å². The summed E-state index contributed by atoms with van der Waals surface area (Å²) < 4.78 is 21.6. The zero-order chi connectivity index (χ0) is 22.5. The number of aromatic nitrogens is 2. The van der Waals surface area contributed by atoms with Gasteiger partial charge in [0, 0.05) is 37.8 Å². The Hall–Kier alpha value is -2.96. The predicted molar refractivity (Wildman–Crippen MR) is 124 cm³/mol. The number of halogens is 1. The number of benzene rings is 2. The minimum atomic E-state index is -0.418. The van der Waals surface area contributed by atoms with E-state index in [1.165, 1.54) is 12.1 Å². The number of allylic oxidation sites excluding steroid dienone is 1. The molecule has 32 heavy (non-hydrogen) atoms. The van der Waals surface area contributed by atoms with Gasteiger partial charge >= 0.3 is 0 Å². The number of ether oxygens (including phenoxy) is 1. The van der Waals surface area contributed by atoms with Crippen LogP contribution in [0.4, 0.5) is 4.39 Å². The van der Waals surface area contributed by atoms with Crippen LogP contribution >= 0.6 is 0 Å². The summed E-state index contributed by atoms with van der Waals surface area (Å²) in [6, 6.07) is 16.6. The summed E-state index contributed by atoms with van der Waals surface area (Å²) >= 11 is 0. The van der Waals surface area contributed by atoms with Gasteiger partial charge in [0.2, 0.25) is 5.88 Å². The van der Waals surface area contributed by atoms with Crippen LogP contribution in [0.2, 0.25) is 0 Å². The Kier molecular flexibility index (Phi) is 7.02. The fourth-order valence-electron chi connectivity index (χ4n) is 3.95. The third kappa shape index (κ3) is 5.44. The zero-order valence-corrected chi connectivity index (χ0v) is 18.5. The predicted octanol–water partition coefficient (Wildman–Crippen LogP) is 5.31. The lowest BCUT2D eigenvalue weighted by molar-refractivity contribution is 0.0976. The lowest BCUT2D eigenvalue weighted by Gasteiger charge is -2.25. The van der Waals surface area contributed by atoms with Crippen LogP contribution in [0.15, 0.2) is 67.3 Å². The fourth-order valence-corrected chi connectivity index (χ4v) is 3.95. The Balaban J connectivity index is 1.68. The standard InChI is InChI=1S/C26H30FN3O2/c1-3-4-12-22(31)17-30(21-14-15-21)18-24-25(19-9-6-5-7-10-19)28-29(2)26(24)32-23-13-8-11-20(27)16-23/h3,5-11,13,16,21-22,31H,1,4,12,14-15,17-18H2,2H3. The molecule has 0 aliphatic heterocycles. The molecular formula is C26H30FN3O2. The topological polar surface area (TPSA) is 50.5 Å². The molecule has 5 nitrogen and oxygen atoms in total. The summed E-state index contributed by atoms with van der Waals surface area (Å²) in [5.74, 6) is 0.665. The van der Waals surface area contributed by atoms with Crippen molar-refractivity contribution in [1.29, 1.82) is 0 Å². The first-order chi connectivity index (χ1) is 15.5. The largest absolute Gasteiger partial charge is 0.439 e. The number of hydrogen-bond donors (Lipinski definition) is 1. The average Bonchev–Trinajstić information content (AvgIpc) is 3.59. The van der Waals surface area contributed by atoms with Gasteiger partial charge in [0.15, 0.2) is 0 Å². The molecule has 1 fully saturated rings. The highest BCUT2D eigenvalue weighted by Crippen LogP contribution is 2.37. The van der Waals surface area contributed by atoms with E-state index in [1.54, 1.807) is 16.8 Å². The molecule has 1 aromatic heterocycles. The molecule has 1 unspecified atom stereocenters. The monoisotopic (exact) mass is 435 g/mol. The van der Waals surface area contributed by atoms with Crippen LogP contribution in [0.25, 0.3) is 11.3 Å². The van der Waals surface area contributed by atoms with Crippen molar-refractivity contribution in [2.75, 3.05) is 6.54 Å². The molecule has 0 spiro atoms. The van der Waals surface area contributed by atoms with Crippen LogP contribution in [0.3, 0.4) is 0 Å². The summed E-state index contributed by atoms with van der Waals surface area (Å²) in [7, 11) is 1.84. The van der Waals surface area contributed by atoms with Gasteiger partial charge in [-0.25, -0.2) is 9.07 Å². The number of hydrogen-bond acceptors (Lipinski definition) is 4. The molecule has 168 valence electrons. The van der Waals surface area contributed by atoms with E-state index < -0.39 is 6.10 Å². The third-order valence-electron chi connectivity index (χ3n) is 5.72. The van der Waals surface area contributed by atoms with Gasteiger partial charge in [-0.15, -0.1) is 6.58 Å². The van der Waals surface area contributed by atoms with Gasteiger partial charge in [0.05, 0.1) is 11.7 Å². The molecule has 0 bridgehead atoms. The Bertz CT molecular complexity index is 1050. The summed E-state index contributed by atoms with van der Waals surface area (Å²) in [5, 5.41) is 15.3. The van der Waals surface area contributed by atoms with Crippen molar-refractivity contribution in [2.45, 2.75) is 44.4 Å². The number of aryl methyl sites for hydroxylation is 1. The number of aliphatic hydroxyl groups excluding tert-OH is 1. The van der Waals surface area contributed by atoms with Crippen LogP contribution in [0.5, 0.6) is 11.6 Å². The van der Waals surface area contributed by atoms with Crippen molar-refractivity contribution in [3.05, 3.63) is 78.6 Å². The quantitative estimate of drug-likeness (QED) is 0.415.